The summed E-state index contributed by atoms with van der Waals surface area (Å²) in [5, 5.41) is 0. The molecule has 0 N–H and O–H groups in total. The molecule has 2 aromatic rings. The standard InChI is InChI=1S/C23H22FNO5/c1-28-19-13-15(14-20(29-2)22(19)30-3)6-11-21(26)25-12-4-5-18(23(25)27)16-7-9-17(24)10-8-16/h5-11,13-14H,4,12H2,1-3H3. The van der Waals surface area contributed by atoms with E-state index >= 15 is 0 Å². The number of halogens is 1. The van der Waals surface area contributed by atoms with Crippen LogP contribution in [-0.2, 0) is 9.59 Å². The van der Waals surface area contributed by atoms with Gasteiger partial charge in [0.05, 0.1) is 21.3 Å². The number of carbonyl (C=O) groups excluding carboxylic acids is 2. The molecule has 2 aromatic carbocycles. The van der Waals surface area contributed by atoms with Crippen molar-refractivity contribution < 1.29 is 28.2 Å². The molecule has 0 aliphatic carbocycles. The average Bonchev–Trinajstić information content (AvgIpc) is 2.77. The Balaban J connectivity index is 1.80. The van der Waals surface area contributed by atoms with Crippen LogP contribution in [0.3, 0.4) is 0 Å². The highest BCUT2D eigenvalue weighted by molar-refractivity contribution is 6.25. The minimum atomic E-state index is -0.443. The third kappa shape index (κ3) is 4.35. The van der Waals surface area contributed by atoms with Crippen LogP contribution in [0.2, 0.25) is 0 Å². The Kier molecular flexibility index (Phi) is 6.51. The normalized spacial score (nSPS) is 13.9. The second-order valence-electron chi connectivity index (χ2n) is 6.50. The number of carbonyl (C=O) groups is 2. The van der Waals surface area contributed by atoms with Gasteiger partial charge in [0.15, 0.2) is 11.5 Å². The maximum absolute atomic E-state index is 13.2. The zero-order chi connectivity index (χ0) is 21.7. The number of nitrogens with zero attached hydrogens (tertiary/aromatic N) is 1. The van der Waals surface area contributed by atoms with E-state index < -0.39 is 11.8 Å². The largest absolute Gasteiger partial charge is 0.493 e. The van der Waals surface area contributed by atoms with Gasteiger partial charge in [0, 0.05) is 18.2 Å². The Morgan fingerprint density at radius 3 is 2.23 bits per heavy atom. The molecule has 0 radical (unpaired) electrons. The first-order valence-electron chi connectivity index (χ1n) is 9.28. The molecule has 1 heterocycles. The van der Waals surface area contributed by atoms with Gasteiger partial charge in [0.1, 0.15) is 5.82 Å². The number of imide groups is 1. The van der Waals surface area contributed by atoms with Gasteiger partial charge in [-0.1, -0.05) is 18.2 Å². The molecule has 0 bridgehead atoms. The molecule has 1 aliphatic rings. The van der Waals surface area contributed by atoms with Gasteiger partial charge in [0.2, 0.25) is 5.75 Å². The van der Waals surface area contributed by atoms with Crippen LogP contribution in [0, 0.1) is 5.82 Å². The summed E-state index contributed by atoms with van der Waals surface area (Å²) >= 11 is 0. The fraction of sp³-hybridized carbons (Fsp3) is 0.217. The minimum absolute atomic E-state index is 0.280. The second kappa shape index (κ2) is 9.26. The number of benzene rings is 2. The summed E-state index contributed by atoms with van der Waals surface area (Å²) < 4.78 is 29.1. The molecule has 0 saturated heterocycles. The Morgan fingerprint density at radius 1 is 1.03 bits per heavy atom. The van der Waals surface area contributed by atoms with Crippen molar-refractivity contribution in [3.05, 3.63) is 65.5 Å². The lowest BCUT2D eigenvalue weighted by Crippen LogP contribution is -2.39. The lowest BCUT2D eigenvalue weighted by atomic mass is 10.00. The lowest BCUT2D eigenvalue weighted by Gasteiger charge is -2.24. The summed E-state index contributed by atoms with van der Waals surface area (Å²) in [6.07, 6.45) is 5.20. The van der Waals surface area contributed by atoms with Gasteiger partial charge < -0.3 is 14.2 Å². The molecule has 3 rings (SSSR count). The van der Waals surface area contributed by atoms with E-state index in [0.29, 0.717) is 40.4 Å². The molecular weight excluding hydrogens is 389 g/mol. The van der Waals surface area contributed by atoms with E-state index in [1.807, 2.05) is 0 Å². The van der Waals surface area contributed by atoms with E-state index in [1.165, 1.54) is 56.6 Å². The van der Waals surface area contributed by atoms with Gasteiger partial charge in [-0.15, -0.1) is 0 Å². The number of hydrogen-bond donors (Lipinski definition) is 0. The van der Waals surface area contributed by atoms with Crippen LogP contribution in [0.5, 0.6) is 17.2 Å². The van der Waals surface area contributed by atoms with Crippen LogP contribution < -0.4 is 14.2 Å². The number of rotatable bonds is 6. The molecule has 0 atom stereocenters. The van der Waals surface area contributed by atoms with E-state index in [1.54, 1.807) is 24.3 Å². The SMILES string of the molecule is COc1cc(C=CC(=O)N2CCC=C(c3ccc(F)cc3)C2=O)cc(OC)c1OC. The van der Waals surface area contributed by atoms with E-state index in [0.717, 1.165) is 0 Å². The van der Waals surface area contributed by atoms with E-state index in [2.05, 4.69) is 0 Å². The third-order valence-corrected chi connectivity index (χ3v) is 4.70. The zero-order valence-electron chi connectivity index (χ0n) is 17.0. The smallest absolute Gasteiger partial charge is 0.261 e. The summed E-state index contributed by atoms with van der Waals surface area (Å²) in [5.74, 6) is 0.125. The van der Waals surface area contributed by atoms with Crippen LogP contribution in [0.4, 0.5) is 4.39 Å². The molecule has 0 aromatic heterocycles. The van der Waals surface area contributed by atoms with Gasteiger partial charge in [0.25, 0.3) is 11.8 Å². The van der Waals surface area contributed by atoms with Gasteiger partial charge >= 0.3 is 0 Å². The highest BCUT2D eigenvalue weighted by Gasteiger charge is 2.26. The highest BCUT2D eigenvalue weighted by atomic mass is 19.1. The van der Waals surface area contributed by atoms with Crippen LogP contribution >= 0.6 is 0 Å². The van der Waals surface area contributed by atoms with Crippen LogP contribution in [0.25, 0.3) is 11.6 Å². The zero-order valence-corrected chi connectivity index (χ0v) is 17.0. The van der Waals surface area contributed by atoms with E-state index in [4.69, 9.17) is 14.2 Å². The Bertz CT molecular complexity index is 986. The van der Waals surface area contributed by atoms with Gasteiger partial charge in [-0.3, -0.25) is 14.5 Å². The monoisotopic (exact) mass is 411 g/mol. The number of amides is 2. The number of methoxy groups -OCH3 is 3. The Hall–Kier alpha value is -3.61. The first kappa shape index (κ1) is 21.1. The van der Waals surface area contributed by atoms with Crippen molar-refractivity contribution in [1.82, 2.24) is 4.90 Å². The average molecular weight is 411 g/mol. The summed E-state index contributed by atoms with van der Waals surface area (Å²) in [6, 6.07) is 9.03. The van der Waals surface area contributed by atoms with Crippen molar-refractivity contribution in [3.8, 4) is 17.2 Å². The predicted octanol–water partition coefficient (Wildman–Crippen LogP) is 3.71. The van der Waals surface area contributed by atoms with Crippen LogP contribution in [-0.4, -0.2) is 44.6 Å². The predicted molar refractivity (Wildman–Crippen MR) is 111 cm³/mol. The molecule has 6 nitrogen and oxygen atoms in total. The molecule has 7 heteroatoms. The molecule has 0 unspecified atom stereocenters. The topological polar surface area (TPSA) is 65.1 Å². The van der Waals surface area contributed by atoms with Crippen molar-refractivity contribution >= 4 is 23.5 Å². The highest BCUT2D eigenvalue weighted by Crippen LogP contribution is 2.38. The van der Waals surface area contributed by atoms with E-state index in [9.17, 15) is 14.0 Å². The van der Waals surface area contributed by atoms with Crippen LogP contribution in [0.15, 0.2) is 48.6 Å². The number of hydrogen-bond acceptors (Lipinski definition) is 5. The molecule has 1 aliphatic heterocycles. The summed E-state index contributed by atoms with van der Waals surface area (Å²) in [6.45, 7) is 0.280. The molecule has 0 fully saturated rings. The lowest BCUT2D eigenvalue weighted by molar-refractivity contribution is -0.138. The summed E-state index contributed by atoms with van der Waals surface area (Å²) in [7, 11) is 4.52. The Labute approximate surface area is 174 Å². The maximum Gasteiger partial charge on any atom is 0.261 e. The van der Waals surface area contributed by atoms with Gasteiger partial charge in [-0.05, 0) is 47.9 Å². The van der Waals surface area contributed by atoms with Gasteiger partial charge in [-0.2, -0.15) is 0 Å². The van der Waals surface area contributed by atoms with E-state index in [-0.39, 0.29) is 12.4 Å². The third-order valence-electron chi connectivity index (χ3n) is 4.70. The van der Waals surface area contributed by atoms with Crippen LogP contribution in [0.1, 0.15) is 17.5 Å². The molecule has 0 spiro atoms. The second-order valence-corrected chi connectivity index (χ2v) is 6.50. The molecule has 2 amide bonds. The van der Waals surface area contributed by atoms with Crippen molar-refractivity contribution in [1.29, 1.82) is 0 Å². The van der Waals surface area contributed by atoms with Gasteiger partial charge in [-0.25, -0.2) is 4.39 Å². The van der Waals surface area contributed by atoms with Crippen molar-refractivity contribution in [3.63, 3.8) is 0 Å². The Morgan fingerprint density at radius 2 is 1.67 bits per heavy atom. The first-order valence-corrected chi connectivity index (χ1v) is 9.28. The number of ether oxygens (including phenoxy) is 3. The quantitative estimate of drug-likeness (QED) is 0.678. The molecule has 30 heavy (non-hydrogen) atoms. The maximum atomic E-state index is 13.2. The summed E-state index contributed by atoms with van der Waals surface area (Å²) in [4.78, 5) is 26.7. The molecular formula is C23H22FNO5. The molecule has 156 valence electrons. The fourth-order valence-corrected chi connectivity index (χ4v) is 3.21. The summed E-state index contributed by atoms with van der Waals surface area (Å²) in [5.41, 5.74) is 1.61. The van der Waals surface area contributed by atoms with Crippen molar-refractivity contribution in [2.75, 3.05) is 27.9 Å². The van der Waals surface area contributed by atoms with Crippen molar-refractivity contribution in [2.24, 2.45) is 0 Å². The first-order chi connectivity index (χ1) is 14.5. The van der Waals surface area contributed by atoms with Crippen molar-refractivity contribution in [2.45, 2.75) is 6.42 Å². The minimum Gasteiger partial charge on any atom is -0.493 e. The molecule has 0 saturated carbocycles. The fourth-order valence-electron chi connectivity index (χ4n) is 3.21.